The number of alkyl halides is 3. The Bertz CT molecular complexity index is 1670. The summed E-state index contributed by atoms with van der Waals surface area (Å²) in [5.74, 6) is -1.38. The van der Waals surface area contributed by atoms with Gasteiger partial charge in [-0.3, -0.25) is 9.69 Å². The Morgan fingerprint density at radius 3 is 2.37 bits per heavy atom. The van der Waals surface area contributed by atoms with Crippen LogP contribution in [0.15, 0.2) is 108 Å². The van der Waals surface area contributed by atoms with Crippen LogP contribution in [0.4, 0.5) is 17.6 Å². The Labute approximate surface area is 264 Å². The number of aliphatic imine (C=N–C) groups is 1. The first kappa shape index (κ1) is 32.9. The highest BCUT2D eigenvalue weighted by molar-refractivity contribution is 5.98. The van der Waals surface area contributed by atoms with Crippen molar-refractivity contribution in [3.8, 4) is 0 Å². The Morgan fingerprint density at radius 1 is 0.957 bits per heavy atom. The van der Waals surface area contributed by atoms with Gasteiger partial charge >= 0.3 is 6.18 Å². The average molecular weight is 632 g/mol. The van der Waals surface area contributed by atoms with Crippen molar-refractivity contribution < 1.29 is 32.3 Å². The van der Waals surface area contributed by atoms with Gasteiger partial charge in [0, 0.05) is 36.7 Å². The highest BCUT2D eigenvalue weighted by Gasteiger charge is 2.43. The van der Waals surface area contributed by atoms with E-state index in [9.17, 15) is 32.3 Å². The van der Waals surface area contributed by atoms with Crippen molar-refractivity contribution in [1.29, 1.82) is 0 Å². The molecule has 4 atom stereocenters. The van der Waals surface area contributed by atoms with E-state index in [-0.39, 0.29) is 30.6 Å². The maximum Gasteiger partial charge on any atom is 0.416 e. The molecule has 1 unspecified atom stereocenters. The molecule has 46 heavy (non-hydrogen) atoms. The van der Waals surface area contributed by atoms with Gasteiger partial charge in [0.05, 0.1) is 11.7 Å². The zero-order valence-electron chi connectivity index (χ0n) is 24.8. The van der Waals surface area contributed by atoms with Gasteiger partial charge in [0.25, 0.3) is 5.91 Å². The third-order valence-electron chi connectivity index (χ3n) is 8.48. The summed E-state index contributed by atoms with van der Waals surface area (Å²) in [4.78, 5) is 29.2. The summed E-state index contributed by atoms with van der Waals surface area (Å²) in [5, 5.41) is 14.8. The topological polar surface area (TPSA) is 82.0 Å². The molecule has 4 aromatic rings. The predicted octanol–water partition coefficient (Wildman–Crippen LogP) is 6.61. The van der Waals surface area contributed by atoms with Crippen molar-refractivity contribution in [2.75, 3.05) is 13.1 Å². The van der Waals surface area contributed by atoms with Crippen LogP contribution in [-0.2, 0) is 23.9 Å². The minimum absolute atomic E-state index is 0.0914. The lowest BCUT2D eigenvalue weighted by Crippen LogP contribution is -2.49. The van der Waals surface area contributed by atoms with E-state index in [2.05, 4.69) is 15.2 Å². The normalized spacial score (nSPS) is 18.1. The number of carbonyl (C=O) groups excluding carboxylic acids is 2. The van der Waals surface area contributed by atoms with Gasteiger partial charge in [0.2, 0.25) is 6.08 Å². The minimum Gasteiger partial charge on any atom is -0.390 e. The van der Waals surface area contributed by atoms with Crippen LogP contribution in [0, 0.1) is 5.82 Å². The number of rotatable bonds is 11. The molecule has 0 aliphatic carbocycles. The number of hydrogen-bond acceptors (Lipinski definition) is 5. The lowest BCUT2D eigenvalue weighted by molar-refractivity contribution is -0.137. The van der Waals surface area contributed by atoms with Gasteiger partial charge in [-0.05, 0) is 65.9 Å². The van der Waals surface area contributed by atoms with E-state index >= 15 is 0 Å². The van der Waals surface area contributed by atoms with Gasteiger partial charge < -0.3 is 10.4 Å². The number of benzene rings is 4. The van der Waals surface area contributed by atoms with Crippen LogP contribution in [0.3, 0.4) is 0 Å². The monoisotopic (exact) mass is 631 g/mol. The van der Waals surface area contributed by atoms with Crippen LogP contribution >= 0.6 is 0 Å². The zero-order valence-corrected chi connectivity index (χ0v) is 24.8. The van der Waals surface area contributed by atoms with Crippen molar-refractivity contribution in [3.05, 3.63) is 142 Å². The second-order valence-electron chi connectivity index (χ2n) is 11.4. The number of isocyanates is 1. The molecule has 6 nitrogen and oxygen atoms in total. The predicted molar refractivity (Wildman–Crippen MR) is 165 cm³/mol. The molecule has 1 heterocycles. The Hall–Kier alpha value is -4.47. The van der Waals surface area contributed by atoms with E-state index in [4.69, 9.17) is 0 Å². The summed E-state index contributed by atoms with van der Waals surface area (Å²) < 4.78 is 53.8. The molecule has 1 fully saturated rings. The number of amides is 1. The van der Waals surface area contributed by atoms with E-state index < -0.39 is 35.6 Å². The van der Waals surface area contributed by atoms with Crippen LogP contribution in [0.25, 0.3) is 0 Å². The standard InChI is InChI=1S/C36H33F4N3O3/c37-28-15-13-26(14-16-28)34-30(29-11-4-5-12-31(29)35(46)42-23-44)17-18-43(34)32(20-24-7-2-1-3-8-24)33(45)22-41-21-25-9-6-10-27(19-25)36(38,39)40/h1-16,19,30,32-34,41,45H,17-18,20-22H2/t30?,32-,33+,34+/m0/s1. The van der Waals surface area contributed by atoms with E-state index in [1.807, 2.05) is 36.4 Å². The first-order chi connectivity index (χ1) is 22.2. The molecule has 0 spiro atoms. The second-order valence-corrected chi connectivity index (χ2v) is 11.4. The first-order valence-corrected chi connectivity index (χ1v) is 15.0. The van der Waals surface area contributed by atoms with Crippen molar-refractivity contribution >= 4 is 12.0 Å². The number of likely N-dealkylation sites (tertiary alicyclic amines) is 1. The third-order valence-corrected chi connectivity index (χ3v) is 8.48. The number of carbonyl (C=O) groups is 1. The highest BCUT2D eigenvalue weighted by atomic mass is 19.4. The molecule has 1 saturated heterocycles. The van der Waals surface area contributed by atoms with Crippen LogP contribution < -0.4 is 5.32 Å². The fourth-order valence-electron chi connectivity index (χ4n) is 6.40. The Kier molecular flexibility index (Phi) is 10.6. The minimum atomic E-state index is -4.46. The fraction of sp³-hybridized carbons (Fsp3) is 0.278. The third kappa shape index (κ3) is 7.84. The number of aliphatic hydroxyl groups is 1. The molecule has 2 N–H and O–H groups in total. The average Bonchev–Trinajstić information content (AvgIpc) is 3.49. The van der Waals surface area contributed by atoms with Crippen LogP contribution in [0.1, 0.15) is 56.6 Å². The molecule has 0 saturated carbocycles. The zero-order chi connectivity index (χ0) is 32.7. The van der Waals surface area contributed by atoms with E-state index in [0.717, 1.165) is 23.3 Å². The van der Waals surface area contributed by atoms with Crippen molar-refractivity contribution in [3.63, 3.8) is 0 Å². The van der Waals surface area contributed by atoms with Gasteiger partial charge in [-0.25, -0.2) is 9.18 Å². The number of nitrogens with zero attached hydrogens (tertiary/aromatic N) is 2. The lowest BCUT2D eigenvalue weighted by atomic mass is 9.84. The summed E-state index contributed by atoms with van der Waals surface area (Å²) in [7, 11) is 0. The first-order valence-electron chi connectivity index (χ1n) is 15.0. The summed E-state index contributed by atoms with van der Waals surface area (Å²) in [6, 6.07) is 26.9. The van der Waals surface area contributed by atoms with E-state index in [0.29, 0.717) is 30.5 Å². The van der Waals surface area contributed by atoms with Crippen LogP contribution in [0.2, 0.25) is 0 Å². The smallest absolute Gasteiger partial charge is 0.390 e. The van der Waals surface area contributed by atoms with Gasteiger partial charge in [-0.2, -0.15) is 13.2 Å². The SMILES string of the molecule is O=C=NC(=O)c1ccccc1C1CCN([C@@H](Cc2ccccc2)[C@H](O)CNCc2cccc(C(F)(F)F)c2)[C@@H]1c1ccc(F)cc1. The molecule has 0 bridgehead atoms. The molecule has 4 aromatic carbocycles. The van der Waals surface area contributed by atoms with Crippen molar-refractivity contribution in [1.82, 2.24) is 10.2 Å². The van der Waals surface area contributed by atoms with Gasteiger partial charge in [-0.15, -0.1) is 4.99 Å². The highest BCUT2D eigenvalue weighted by Crippen LogP contribution is 2.46. The molecule has 238 valence electrons. The largest absolute Gasteiger partial charge is 0.416 e. The molecule has 1 aliphatic heterocycles. The summed E-state index contributed by atoms with van der Waals surface area (Å²) in [6.07, 6.45) is -3.05. The van der Waals surface area contributed by atoms with Crippen LogP contribution in [0.5, 0.6) is 0 Å². The second kappa shape index (κ2) is 14.7. The number of hydrogen-bond donors (Lipinski definition) is 2. The van der Waals surface area contributed by atoms with E-state index in [1.165, 1.54) is 24.3 Å². The number of halogens is 4. The van der Waals surface area contributed by atoms with E-state index in [1.54, 1.807) is 36.4 Å². The Morgan fingerprint density at radius 2 is 1.65 bits per heavy atom. The van der Waals surface area contributed by atoms with Crippen LogP contribution in [-0.4, -0.2) is 47.2 Å². The van der Waals surface area contributed by atoms with Gasteiger partial charge in [0.1, 0.15) is 5.82 Å². The fourth-order valence-corrected chi connectivity index (χ4v) is 6.40. The molecule has 1 aliphatic rings. The maximum absolute atomic E-state index is 14.1. The quantitative estimate of drug-likeness (QED) is 0.111. The molecule has 0 radical (unpaired) electrons. The molecule has 10 heteroatoms. The van der Waals surface area contributed by atoms with Gasteiger partial charge in [-0.1, -0.05) is 78.9 Å². The molecule has 0 aromatic heterocycles. The number of aliphatic hydroxyl groups excluding tert-OH is 1. The number of nitrogens with one attached hydrogen (secondary N) is 1. The Balaban J connectivity index is 1.47. The van der Waals surface area contributed by atoms with Crippen molar-refractivity contribution in [2.45, 2.75) is 49.7 Å². The maximum atomic E-state index is 14.1. The molecule has 1 amide bonds. The molecular formula is C36H33F4N3O3. The molecular weight excluding hydrogens is 598 g/mol. The van der Waals surface area contributed by atoms with Crippen molar-refractivity contribution in [2.24, 2.45) is 4.99 Å². The summed E-state index contributed by atoms with van der Waals surface area (Å²) >= 11 is 0. The molecule has 5 rings (SSSR count). The summed E-state index contributed by atoms with van der Waals surface area (Å²) in [5.41, 5.74) is 2.41. The summed E-state index contributed by atoms with van der Waals surface area (Å²) in [6.45, 7) is 0.734. The lowest BCUT2D eigenvalue weighted by Gasteiger charge is -2.38. The van der Waals surface area contributed by atoms with Gasteiger partial charge in [0.15, 0.2) is 0 Å².